The molecule has 1 aliphatic heterocycles. The number of likely N-dealkylation sites (tertiary alicyclic amines) is 1. The van der Waals surface area contributed by atoms with E-state index in [9.17, 15) is 14.7 Å². The van der Waals surface area contributed by atoms with Gasteiger partial charge in [-0.25, -0.2) is 0 Å². The number of carboxylic acids is 1. The SMILES string of the molecule is CCC1(C(=O)O)CCCN(C(=O)C2CC2)C1. The van der Waals surface area contributed by atoms with Crippen LogP contribution >= 0.6 is 0 Å². The van der Waals surface area contributed by atoms with Crippen LogP contribution in [-0.2, 0) is 9.59 Å². The van der Waals surface area contributed by atoms with Crippen molar-refractivity contribution in [1.29, 1.82) is 0 Å². The summed E-state index contributed by atoms with van der Waals surface area (Å²) in [7, 11) is 0. The lowest BCUT2D eigenvalue weighted by Crippen LogP contribution is -2.50. The number of hydrogen-bond acceptors (Lipinski definition) is 2. The second kappa shape index (κ2) is 4.07. The summed E-state index contributed by atoms with van der Waals surface area (Å²) in [6, 6.07) is 0. The van der Waals surface area contributed by atoms with E-state index in [2.05, 4.69) is 0 Å². The van der Waals surface area contributed by atoms with E-state index in [-0.39, 0.29) is 11.8 Å². The van der Waals surface area contributed by atoms with Gasteiger partial charge in [-0.05, 0) is 32.1 Å². The average molecular weight is 225 g/mol. The first kappa shape index (κ1) is 11.4. The number of aliphatic carboxylic acids is 1. The molecule has 0 aromatic rings. The maximum atomic E-state index is 11.9. The lowest BCUT2D eigenvalue weighted by atomic mass is 9.77. The molecule has 90 valence electrons. The molecule has 2 rings (SSSR count). The van der Waals surface area contributed by atoms with Crippen molar-refractivity contribution in [3.05, 3.63) is 0 Å². The van der Waals surface area contributed by atoms with Crippen LogP contribution in [0.5, 0.6) is 0 Å². The highest BCUT2D eigenvalue weighted by Crippen LogP contribution is 2.37. The third-order valence-corrected chi connectivity index (χ3v) is 3.95. The van der Waals surface area contributed by atoms with E-state index in [1.54, 1.807) is 4.90 Å². The average Bonchev–Trinajstić information content (AvgIpc) is 3.11. The summed E-state index contributed by atoms with van der Waals surface area (Å²) in [6.45, 7) is 3.05. The van der Waals surface area contributed by atoms with Crippen molar-refractivity contribution in [1.82, 2.24) is 4.90 Å². The number of piperidine rings is 1. The van der Waals surface area contributed by atoms with Gasteiger partial charge in [-0.1, -0.05) is 6.92 Å². The number of nitrogens with zero attached hydrogens (tertiary/aromatic N) is 1. The van der Waals surface area contributed by atoms with Gasteiger partial charge in [-0.15, -0.1) is 0 Å². The summed E-state index contributed by atoms with van der Waals surface area (Å²) in [6.07, 6.45) is 4.10. The molecule has 2 aliphatic rings. The number of carbonyl (C=O) groups excluding carboxylic acids is 1. The Morgan fingerprint density at radius 3 is 2.62 bits per heavy atom. The number of hydrogen-bond donors (Lipinski definition) is 1. The van der Waals surface area contributed by atoms with Gasteiger partial charge in [-0.2, -0.15) is 0 Å². The van der Waals surface area contributed by atoms with Gasteiger partial charge < -0.3 is 10.0 Å². The van der Waals surface area contributed by atoms with E-state index >= 15 is 0 Å². The van der Waals surface area contributed by atoms with Crippen molar-refractivity contribution in [2.24, 2.45) is 11.3 Å². The first-order chi connectivity index (χ1) is 7.59. The van der Waals surface area contributed by atoms with Gasteiger partial charge in [0.25, 0.3) is 0 Å². The van der Waals surface area contributed by atoms with Gasteiger partial charge in [0.05, 0.1) is 5.41 Å². The third kappa shape index (κ3) is 1.93. The Labute approximate surface area is 95.6 Å². The summed E-state index contributed by atoms with van der Waals surface area (Å²) < 4.78 is 0. The Balaban J connectivity index is 2.07. The van der Waals surface area contributed by atoms with Crippen molar-refractivity contribution in [2.75, 3.05) is 13.1 Å². The molecule has 4 nitrogen and oxygen atoms in total. The predicted molar refractivity (Wildman–Crippen MR) is 58.9 cm³/mol. The molecule has 1 unspecified atom stereocenters. The van der Waals surface area contributed by atoms with Crippen molar-refractivity contribution in [3.8, 4) is 0 Å². The summed E-state index contributed by atoms with van der Waals surface area (Å²) in [5.74, 6) is -0.372. The Kier molecular flexibility index (Phi) is 2.91. The van der Waals surface area contributed by atoms with Gasteiger partial charge in [0, 0.05) is 19.0 Å². The monoisotopic (exact) mass is 225 g/mol. The number of carbonyl (C=O) groups is 2. The molecular formula is C12H19NO3. The molecule has 1 aliphatic carbocycles. The molecule has 0 aromatic carbocycles. The van der Waals surface area contributed by atoms with E-state index in [1.807, 2.05) is 6.92 Å². The summed E-state index contributed by atoms with van der Waals surface area (Å²) >= 11 is 0. The Hall–Kier alpha value is -1.06. The van der Waals surface area contributed by atoms with E-state index in [0.717, 1.165) is 25.8 Å². The lowest BCUT2D eigenvalue weighted by Gasteiger charge is -2.39. The summed E-state index contributed by atoms with van der Waals surface area (Å²) in [4.78, 5) is 25.0. The highest BCUT2D eigenvalue weighted by molar-refractivity contribution is 5.83. The maximum Gasteiger partial charge on any atom is 0.311 e. The zero-order valence-electron chi connectivity index (χ0n) is 9.74. The molecule has 1 saturated carbocycles. The van der Waals surface area contributed by atoms with E-state index in [1.165, 1.54) is 0 Å². The Bertz CT molecular complexity index is 311. The molecule has 16 heavy (non-hydrogen) atoms. The molecule has 1 atom stereocenters. The predicted octanol–water partition coefficient (Wildman–Crippen LogP) is 1.50. The lowest BCUT2D eigenvalue weighted by molar-refractivity contribution is -0.155. The number of rotatable bonds is 3. The molecule has 1 amide bonds. The summed E-state index contributed by atoms with van der Waals surface area (Å²) in [5, 5.41) is 9.30. The van der Waals surface area contributed by atoms with Crippen molar-refractivity contribution < 1.29 is 14.7 Å². The molecule has 1 heterocycles. The van der Waals surface area contributed by atoms with Crippen LogP contribution in [-0.4, -0.2) is 35.0 Å². The fraction of sp³-hybridized carbons (Fsp3) is 0.833. The van der Waals surface area contributed by atoms with E-state index in [4.69, 9.17) is 0 Å². The van der Waals surface area contributed by atoms with E-state index < -0.39 is 11.4 Å². The molecule has 0 bridgehead atoms. The molecule has 4 heteroatoms. The maximum absolute atomic E-state index is 11.9. The fourth-order valence-corrected chi connectivity index (χ4v) is 2.52. The van der Waals surface area contributed by atoms with Crippen molar-refractivity contribution in [2.45, 2.75) is 39.0 Å². The largest absolute Gasteiger partial charge is 0.481 e. The zero-order valence-corrected chi connectivity index (χ0v) is 9.74. The zero-order chi connectivity index (χ0) is 11.8. The number of amides is 1. The molecule has 1 N–H and O–H groups in total. The van der Waals surface area contributed by atoms with Crippen LogP contribution in [0.3, 0.4) is 0 Å². The minimum atomic E-state index is -0.747. The smallest absolute Gasteiger partial charge is 0.311 e. The third-order valence-electron chi connectivity index (χ3n) is 3.95. The summed E-state index contributed by atoms with van der Waals surface area (Å²) in [5.41, 5.74) is -0.692. The molecule has 0 spiro atoms. The van der Waals surface area contributed by atoms with Gasteiger partial charge in [0.15, 0.2) is 0 Å². The Morgan fingerprint density at radius 1 is 1.44 bits per heavy atom. The fourth-order valence-electron chi connectivity index (χ4n) is 2.52. The van der Waals surface area contributed by atoms with Gasteiger partial charge in [-0.3, -0.25) is 9.59 Å². The first-order valence-electron chi connectivity index (χ1n) is 6.11. The molecule has 0 radical (unpaired) electrons. The number of carboxylic acid groups (broad SMARTS) is 1. The molecule has 2 fully saturated rings. The van der Waals surface area contributed by atoms with Crippen LogP contribution in [0.15, 0.2) is 0 Å². The van der Waals surface area contributed by atoms with Crippen LogP contribution in [0.4, 0.5) is 0 Å². The van der Waals surface area contributed by atoms with Crippen LogP contribution in [0.1, 0.15) is 39.0 Å². The van der Waals surface area contributed by atoms with Gasteiger partial charge >= 0.3 is 5.97 Å². The molecule has 1 saturated heterocycles. The van der Waals surface area contributed by atoms with Crippen molar-refractivity contribution in [3.63, 3.8) is 0 Å². The van der Waals surface area contributed by atoms with Gasteiger partial charge in [0.1, 0.15) is 0 Å². The highest BCUT2D eigenvalue weighted by atomic mass is 16.4. The Morgan fingerprint density at radius 2 is 2.12 bits per heavy atom. The highest BCUT2D eigenvalue weighted by Gasteiger charge is 2.44. The second-order valence-corrected chi connectivity index (χ2v) is 5.08. The first-order valence-corrected chi connectivity index (χ1v) is 6.11. The molecular weight excluding hydrogens is 206 g/mol. The van der Waals surface area contributed by atoms with E-state index in [0.29, 0.717) is 19.4 Å². The van der Waals surface area contributed by atoms with Crippen molar-refractivity contribution >= 4 is 11.9 Å². The second-order valence-electron chi connectivity index (χ2n) is 5.08. The quantitative estimate of drug-likeness (QED) is 0.791. The minimum absolute atomic E-state index is 0.179. The topological polar surface area (TPSA) is 57.6 Å². The molecule has 0 aromatic heterocycles. The van der Waals surface area contributed by atoms with Crippen LogP contribution in [0, 0.1) is 11.3 Å². The normalized spacial score (nSPS) is 30.2. The van der Waals surface area contributed by atoms with Crippen LogP contribution in [0.2, 0.25) is 0 Å². The standard InChI is InChI=1S/C12H19NO3/c1-2-12(11(15)16)6-3-7-13(8-12)10(14)9-4-5-9/h9H,2-8H2,1H3,(H,15,16). The van der Waals surface area contributed by atoms with Crippen LogP contribution < -0.4 is 0 Å². The van der Waals surface area contributed by atoms with Crippen LogP contribution in [0.25, 0.3) is 0 Å². The minimum Gasteiger partial charge on any atom is -0.481 e. The van der Waals surface area contributed by atoms with Gasteiger partial charge in [0.2, 0.25) is 5.91 Å².